The van der Waals surface area contributed by atoms with Crippen molar-refractivity contribution in [2.24, 2.45) is 0 Å². The molecule has 0 aliphatic rings. The summed E-state index contributed by atoms with van der Waals surface area (Å²) in [5.74, 6) is -0.897. The van der Waals surface area contributed by atoms with Crippen LogP contribution in [0.25, 0.3) is 0 Å². The average molecular weight is 270 g/mol. The normalized spacial score (nSPS) is 12.6. The first-order chi connectivity index (χ1) is 9.13. The molecule has 1 unspecified atom stereocenters. The molecule has 0 radical (unpaired) electrons. The minimum Gasteiger partial charge on any atom is -0.393 e. The second-order valence-corrected chi connectivity index (χ2v) is 5.15. The van der Waals surface area contributed by atoms with Gasteiger partial charge in [0.05, 0.1) is 6.10 Å². The summed E-state index contributed by atoms with van der Waals surface area (Å²) in [7, 11) is 0. The summed E-state index contributed by atoms with van der Waals surface area (Å²) in [5, 5.41) is 9.83. The lowest BCUT2D eigenvalue weighted by Gasteiger charge is -2.11. The van der Waals surface area contributed by atoms with Crippen molar-refractivity contribution in [1.82, 2.24) is 0 Å². The van der Waals surface area contributed by atoms with Crippen LogP contribution in [0.15, 0.2) is 18.2 Å². The van der Waals surface area contributed by atoms with Crippen LogP contribution in [-0.4, -0.2) is 11.2 Å². The highest BCUT2D eigenvalue weighted by Crippen LogP contribution is 2.15. The van der Waals surface area contributed by atoms with E-state index >= 15 is 0 Å². The van der Waals surface area contributed by atoms with Crippen molar-refractivity contribution in [2.75, 3.05) is 0 Å². The van der Waals surface area contributed by atoms with Gasteiger partial charge in [0, 0.05) is 6.42 Å². The van der Waals surface area contributed by atoms with Crippen molar-refractivity contribution < 1.29 is 13.9 Å². The standard InChI is InChI=1S/C16H24F2O/c1-2-3-4-5-6-7-8-15(19)12-13-11-14(17)9-10-16(13)18/h9-11,15,19H,2-8,12H2,1H3. The van der Waals surface area contributed by atoms with E-state index in [0.29, 0.717) is 6.42 Å². The third kappa shape index (κ3) is 6.67. The van der Waals surface area contributed by atoms with Crippen molar-refractivity contribution in [3.63, 3.8) is 0 Å². The van der Waals surface area contributed by atoms with Gasteiger partial charge in [-0.05, 0) is 30.2 Å². The second kappa shape index (κ2) is 9.03. The van der Waals surface area contributed by atoms with E-state index in [4.69, 9.17) is 0 Å². The van der Waals surface area contributed by atoms with Gasteiger partial charge in [-0.1, -0.05) is 45.4 Å². The molecule has 0 aliphatic carbocycles. The molecule has 0 spiro atoms. The molecule has 1 rings (SSSR count). The monoisotopic (exact) mass is 270 g/mol. The lowest BCUT2D eigenvalue weighted by atomic mass is 10.0. The van der Waals surface area contributed by atoms with Gasteiger partial charge in [-0.15, -0.1) is 0 Å². The minimum absolute atomic E-state index is 0.193. The number of rotatable bonds is 9. The Morgan fingerprint density at radius 1 is 1.05 bits per heavy atom. The molecule has 0 saturated heterocycles. The van der Waals surface area contributed by atoms with Gasteiger partial charge in [0.1, 0.15) is 11.6 Å². The Balaban J connectivity index is 2.23. The first kappa shape index (κ1) is 16.1. The molecule has 0 bridgehead atoms. The van der Waals surface area contributed by atoms with Crippen LogP contribution in [0, 0.1) is 11.6 Å². The first-order valence-corrected chi connectivity index (χ1v) is 7.25. The number of aliphatic hydroxyl groups excluding tert-OH is 1. The summed E-state index contributed by atoms with van der Waals surface area (Å²) in [5.41, 5.74) is 0.262. The van der Waals surface area contributed by atoms with E-state index < -0.39 is 17.7 Å². The summed E-state index contributed by atoms with van der Waals surface area (Å²) in [4.78, 5) is 0. The Morgan fingerprint density at radius 2 is 1.74 bits per heavy atom. The molecular weight excluding hydrogens is 246 g/mol. The van der Waals surface area contributed by atoms with Gasteiger partial charge in [-0.2, -0.15) is 0 Å². The van der Waals surface area contributed by atoms with E-state index in [-0.39, 0.29) is 12.0 Å². The first-order valence-electron chi connectivity index (χ1n) is 7.25. The fourth-order valence-corrected chi connectivity index (χ4v) is 2.22. The summed E-state index contributed by atoms with van der Waals surface area (Å²) in [6, 6.07) is 3.38. The van der Waals surface area contributed by atoms with Crippen LogP contribution in [-0.2, 0) is 6.42 Å². The van der Waals surface area contributed by atoms with Gasteiger partial charge in [-0.3, -0.25) is 0 Å². The maximum atomic E-state index is 13.4. The summed E-state index contributed by atoms with van der Waals surface area (Å²) >= 11 is 0. The average Bonchev–Trinajstić information content (AvgIpc) is 2.38. The van der Waals surface area contributed by atoms with Crippen molar-refractivity contribution in [1.29, 1.82) is 0 Å². The Morgan fingerprint density at radius 3 is 2.47 bits per heavy atom. The predicted octanol–water partition coefficient (Wildman–Crippen LogP) is 4.62. The number of hydrogen-bond donors (Lipinski definition) is 1. The van der Waals surface area contributed by atoms with Gasteiger partial charge in [0.25, 0.3) is 0 Å². The van der Waals surface area contributed by atoms with Gasteiger partial charge in [-0.25, -0.2) is 8.78 Å². The topological polar surface area (TPSA) is 20.2 Å². The fraction of sp³-hybridized carbons (Fsp3) is 0.625. The maximum absolute atomic E-state index is 13.4. The predicted molar refractivity (Wildman–Crippen MR) is 74.1 cm³/mol. The van der Waals surface area contributed by atoms with Crippen LogP contribution in [0.5, 0.6) is 0 Å². The summed E-state index contributed by atoms with van der Waals surface area (Å²) in [6.07, 6.45) is 7.23. The lowest BCUT2D eigenvalue weighted by molar-refractivity contribution is 0.159. The SMILES string of the molecule is CCCCCCCCC(O)Cc1cc(F)ccc1F. The van der Waals surface area contributed by atoms with Gasteiger partial charge >= 0.3 is 0 Å². The summed E-state index contributed by atoms with van der Waals surface area (Å²) < 4.78 is 26.4. The van der Waals surface area contributed by atoms with E-state index in [0.717, 1.165) is 25.0 Å². The van der Waals surface area contributed by atoms with Crippen LogP contribution in [0.1, 0.15) is 57.4 Å². The molecule has 0 aromatic heterocycles. The van der Waals surface area contributed by atoms with Crippen LogP contribution in [0.2, 0.25) is 0 Å². The molecule has 1 N–H and O–H groups in total. The molecule has 0 heterocycles. The molecule has 0 fully saturated rings. The van der Waals surface area contributed by atoms with Crippen LogP contribution >= 0.6 is 0 Å². The van der Waals surface area contributed by atoms with Crippen molar-refractivity contribution >= 4 is 0 Å². The molecule has 108 valence electrons. The van der Waals surface area contributed by atoms with Gasteiger partial charge in [0.2, 0.25) is 0 Å². The summed E-state index contributed by atoms with van der Waals surface area (Å²) in [6.45, 7) is 2.18. The van der Waals surface area contributed by atoms with Crippen LogP contribution < -0.4 is 0 Å². The molecule has 19 heavy (non-hydrogen) atoms. The van der Waals surface area contributed by atoms with E-state index in [2.05, 4.69) is 6.92 Å². The molecule has 1 nitrogen and oxygen atoms in total. The van der Waals surface area contributed by atoms with Crippen LogP contribution in [0.3, 0.4) is 0 Å². The van der Waals surface area contributed by atoms with Crippen LogP contribution in [0.4, 0.5) is 8.78 Å². The largest absolute Gasteiger partial charge is 0.393 e. The Hall–Kier alpha value is -0.960. The highest BCUT2D eigenvalue weighted by atomic mass is 19.1. The number of aliphatic hydroxyl groups is 1. The second-order valence-electron chi connectivity index (χ2n) is 5.15. The van der Waals surface area contributed by atoms with E-state index in [1.54, 1.807) is 0 Å². The van der Waals surface area contributed by atoms with Crippen molar-refractivity contribution in [2.45, 2.75) is 64.4 Å². The number of halogens is 2. The van der Waals surface area contributed by atoms with Gasteiger partial charge in [0.15, 0.2) is 0 Å². The van der Waals surface area contributed by atoms with E-state index in [9.17, 15) is 13.9 Å². The molecule has 1 atom stereocenters. The third-order valence-corrected chi connectivity index (χ3v) is 3.35. The maximum Gasteiger partial charge on any atom is 0.126 e. The molecule has 1 aromatic carbocycles. The fourth-order valence-electron chi connectivity index (χ4n) is 2.22. The molecule has 0 amide bonds. The van der Waals surface area contributed by atoms with E-state index in [1.807, 2.05) is 0 Å². The quantitative estimate of drug-likeness (QED) is 0.649. The van der Waals surface area contributed by atoms with E-state index in [1.165, 1.54) is 31.7 Å². The molecule has 0 aliphatic heterocycles. The number of benzene rings is 1. The Labute approximate surface area is 114 Å². The Kier molecular flexibility index (Phi) is 7.65. The zero-order valence-electron chi connectivity index (χ0n) is 11.7. The lowest BCUT2D eigenvalue weighted by Crippen LogP contribution is -2.11. The van der Waals surface area contributed by atoms with Crippen molar-refractivity contribution in [3.8, 4) is 0 Å². The van der Waals surface area contributed by atoms with Crippen molar-refractivity contribution in [3.05, 3.63) is 35.4 Å². The number of hydrogen-bond acceptors (Lipinski definition) is 1. The highest BCUT2D eigenvalue weighted by Gasteiger charge is 2.10. The zero-order valence-corrected chi connectivity index (χ0v) is 11.7. The molecular formula is C16H24F2O. The zero-order chi connectivity index (χ0) is 14.1. The molecule has 3 heteroatoms. The minimum atomic E-state index is -0.581. The Bertz CT molecular complexity index is 366. The third-order valence-electron chi connectivity index (χ3n) is 3.35. The highest BCUT2D eigenvalue weighted by molar-refractivity contribution is 5.19. The van der Waals surface area contributed by atoms with Gasteiger partial charge < -0.3 is 5.11 Å². The number of unbranched alkanes of at least 4 members (excludes halogenated alkanes) is 5. The molecule has 1 aromatic rings. The smallest absolute Gasteiger partial charge is 0.126 e. The molecule has 0 saturated carbocycles.